The molecule has 0 fully saturated rings. The molecule has 20 heavy (non-hydrogen) atoms. The van der Waals surface area contributed by atoms with Crippen LogP contribution in [0.25, 0.3) is 0 Å². The van der Waals surface area contributed by atoms with Gasteiger partial charge in [-0.05, 0) is 48.8 Å². The number of hydrogen-bond donors (Lipinski definition) is 2. The number of nitrogens with zero attached hydrogens (tertiary/aromatic N) is 1. The predicted molar refractivity (Wildman–Crippen MR) is 84.3 cm³/mol. The lowest BCUT2D eigenvalue weighted by Gasteiger charge is -2.37. The van der Waals surface area contributed by atoms with Crippen LogP contribution in [0.1, 0.15) is 24.1 Å². The van der Waals surface area contributed by atoms with Crippen molar-refractivity contribution in [3.8, 4) is 11.5 Å². The quantitative estimate of drug-likeness (QED) is 0.661. The highest BCUT2D eigenvalue weighted by molar-refractivity contribution is 7.80. The fraction of sp³-hybridized carbons (Fsp3) is 0.400. The monoisotopic (exact) mass is 292 g/mol. The fourth-order valence-electron chi connectivity index (χ4n) is 2.54. The number of nitrogens with one attached hydrogen (secondary N) is 1. The minimum Gasteiger partial charge on any atom is -0.504 e. The highest BCUT2D eigenvalue weighted by Crippen LogP contribution is 2.37. The molecule has 0 unspecified atom stereocenters. The number of thiocarbonyl (C=S) groups is 1. The minimum atomic E-state index is 0.151. The molecule has 0 saturated carbocycles. The predicted octanol–water partition coefficient (Wildman–Crippen LogP) is 2.38. The van der Waals surface area contributed by atoms with E-state index < -0.39 is 0 Å². The second-order valence-corrected chi connectivity index (χ2v) is 5.20. The number of phenols is 1. The zero-order chi connectivity index (χ0) is 14.7. The molecule has 0 aliphatic carbocycles. The van der Waals surface area contributed by atoms with Crippen LogP contribution in [0.15, 0.2) is 24.8 Å². The Balaban J connectivity index is 2.26. The first-order valence-corrected chi connectivity index (χ1v) is 7.04. The summed E-state index contributed by atoms with van der Waals surface area (Å²) >= 11 is 5.42. The van der Waals surface area contributed by atoms with Gasteiger partial charge >= 0.3 is 0 Å². The molecule has 2 rings (SSSR count). The Kier molecular flexibility index (Phi) is 4.49. The number of fused-ring (bicyclic) bond motifs is 1. The van der Waals surface area contributed by atoms with Gasteiger partial charge < -0.3 is 20.1 Å². The third kappa shape index (κ3) is 2.72. The number of aromatic hydroxyl groups is 1. The summed E-state index contributed by atoms with van der Waals surface area (Å²) in [7, 11) is 1.56. The van der Waals surface area contributed by atoms with Crippen molar-refractivity contribution in [3.05, 3.63) is 35.9 Å². The van der Waals surface area contributed by atoms with Crippen LogP contribution in [0.3, 0.4) is 0 Å². The Labute approximate surface area is 125 Å². The van der Waals surface area contributed by atoms with Crippen LogP contribution < -0.4 is 10.1 Å². The molecule has 1 aromatic carbocycles. The first-order chi connectivity index (χ1) is 9.58. The molecule has 1 heterocycles. The van der Waals surface area contributed by atoms with Crippen molar-refractivity contribution >= 4 is 17.3 Å². The Bertz CT molecular complexity index is 531. The highest BCUT2D eigenvalue weighted by Gasteiger charge is 2.26. The average Bonchev–Trinajstić information content (AvgIpc) is 2.44. The van der Waals surface area contributed by atoms with Gasteiger partial charge in [-0.2, -0.15) is 0 Å². The average molecular weight is 292 g/mol. The van der Waals surface area contributed by atoms with Gasteiger partial charge in [0.25, 0.3) is 0 Å². The Morgan fingerprint density at radius 3 is 3.05 bits per heavy atom. The summed E-state index contributed by atoms with van der Waals surface area (Å²) in [5, 5.41) is 13.7. The molecule has 0 amide bonds. The zero-order valence-corrected chi connectivity index (χ0v) is 12.7. The van der Waals surface area contributed by atoms with Gasteiger partial charge in [0.2, 0.25) is 0 Å². The molecule has 1 aliphatic heterocycles. The van der Waals surface area contributed by atoms with E-state index in [1.807, 2.05) is 6.07 Å². The lowest BCUT2D eigenvalue weighted by molar-refractivity contribution is 0.311. The molecule has 2 N–H and O–H groups in total. The van der Waals surface area contributed by atoms with Crippen molar-refractivity contribution in [3.63, 3.8) is 0 Å². The molecule has 0 aromatic heterocycles. The second kappa shape index (κ2) is 6.13. The molecule has 1 atom stereocenters. The molecule has 4 nitrogen and oxygen atoms in total. The van der Waals surface area contributed by atoms with E-state index in [2.05, 4.69) is 23.7 Å². The Morgan fingerprint density at radius 1 is 1.65 bits per heavy atom. The maximum atomic E-state index is 9.86. The lowest BCUT2D eigenvalue weighted by Crippen LogP contribution is -2.44. The van der Waals surface area contributed by atoms with Gasteiger partial charge in [0.15, 0.2) is 16.6 Å². The summed E-state index contributed by atoms with van der Waals surface area (Å²) in [5.41, 5.74) is 2.30. The zero-order valence-electron chi connectivity index (χ0n) is 11.8. The third-order valence-electron chi connectivity index (χ3n) is 3.64. The van der Waals surface area contributed by atoms with Crippen LogP contribution in [-0.4, -0.2) is 35.3 Å². The SMILES string of the molecule is C=CCNC(=S)N1CCc2cc(O)c(OC)cc2[C@@H]1C. The van der Waals surface area contributed by atoms with E-state index in [4.69, 9.17) is 17.0 Å². The Morgan fingerprint density at radius 2 is 2.40 bits per heavy atom. The molecule has 0 radical (unpaired) electrons. The molecule has 1 aromatic rings. The van der Waals surface area contributed by atoms with E-state index >= 15 is 0 Å². The molecular weight excluding hydrogens is 272 g/mol. The standard InChI is InChI=1S/C15H20N2O2S/c1-4-6-16-15(20)17-7-5-11-8-13(18)14(19-3)9-12(11)10(17)2/h4,8-10,18H,1,5-7H2,2-3H3,(H,16,20)/t10-/m0/s1. The summed E-state index contributed by atoms with van der Waals surface area (Å²) in [4.78, 5) is 2.15. The maximum Gasteiger partial charge on any atom is 0.169 e. The van der Waals surface area contributed by atoms with E-state index in [0.717, 1.165) is 29.2 Å². The minimum absolute atomic E-state index is 0.151. The maximum absolute atomic E-state index is 9.86. The topological polar surface area (TPSA) is 44.7 Å². The van der Waals surface area contributed by atoms with Crippen LogP contribution >= 0.6 is 12.2 Å². The summed E-state index contributed by atoms with van der Waals surface area (Å²) in [6.45, 7) is 7.28. The summed E-state index contributed by atoms with van der Waals surface area (Å²) in [6, 6.07) is 3.85. The van der Waals surface area contributed by atoms with Gasteiger partial charge in [0.05, 0.1) is 13.2 Å². The van der Waals surface area contributed by atoms with Crippen LogP contribution in [0, 0.1) is 0 Å². The van der Waals surface area contributed by atoms with Crippen LogP contribution in [-0.2, 0) is 6.42 Å². The molecular formula is C15H20N2O2S. The number of hydrogen-bond acceptors (Lipinski definition) is 3. The van der Waals surface area contributed by atoms with Crippen molar-refractivity contribution in [2.24, 2.45) is 0 Å². The number of methoxy groups -OCH3 is 1. The largest absolute Gasteiger partial charge is 0.504 e. The van der Waals surface area contributed by atoms with Crippen LogP contribution in [0.4, 0.5) is 0 Å². The second-order valence-electron chi connectivity index (χ2n) is 4.82. The van der Waals surface area contributed by atoms with Crippen molar-refractivity contribution in [1.82, 2.24) is 10.2 Å². The lowest BCUT2D eigenvalue weighted by atomic mass is 9.93. The van der Waals surface area contributed by atoms with E-state index in [1.54, 1.807) is 19.3 Å². The molecule has 0 spiro atoms. The van der Waals surface area contributed by atoms with Gasteiger partial charge in [-0.15, -0.1) is 6.58 Å². The van der Waals surface area contributed by atoms with E-state index in [-0.39, 0.29) is 11.8 Å². The van der Waals surface area contributed by atoms with Gasteiger partial charge in [-0.3, -0.25) is 0 Å². The fourth-order valence-corrected chi connectivity index (χ4v) is 2.87. The molecule has 5 heteroatoms. The van der Waals surface area contributed by atoms with Crippen LogP contribution in [0.5, 0.6) is 11.5 Å². The van der Waals surface area contributed by atoms with Crippen molar-refractivity contribution in [2.75, 3.05) is 20.2 Å². The highest BCUT2D eigenvalue weighted by atomic mass is 32.1. The van der Waals surface area contributed by atoms with Gasteiger partial charge in [0.1, 0.15) is 0 Å². The van der Waals surface area contributed by atoms with E-state index in [0.29, 0.717) is 12.3 Å². The normalized spacial score (nSPS) is 17.3. The van der Waals surface area contributed by atoms with Crippen LogP contribution in [0.2, 0.25) is 0 Å². The number of phenolic OH excluding ortho intramolecular Hbond substituents is 1. The summed E-state index contributed by atoms with van der Waals surface area (Å²) in [6.07, 6.45) is 2.64. The van der Waals surface area contributed by atoms with Crippen molar-refractivity contribution in [1.29, 1.82) is 0 Å². The number of rotatable bonds is 3. The van der Waals surface area contributed by atoms with E-state index in [1.165, 1.54) is 0 Å². The van der Waals surface area contributed by atoms with Crippen molar-refractivity contribution < 1.29 is 9.84 Å². The van der Waals surface area contributed by atoms with E-state index in [9.17, 15) is 5.11 Å². The number of benzene rings is 1. The first-order valence-electron chi connectivity index (χ1n) is 6.63. The molecule has 0 saturated heterocycles. The van der Waals surface area contributed by atoms with Gasteiger partial charge in [0, 0.05) is 13.1 Å². The number of ether oxygens (including phenoxy) is 1. The Hall–Kier alpha value is -1.75. The first kappa shape index (κ1) is 14.7. The smallest absolute Gasteiger partial charge is 0.169 e. The summed E-state index contributed by atoms with van der Waals surface area (Å²) in [5.74, 6) is 0.696. The van der Waals surface area contributed by atoms with Gasteiger partial charge in [-0.25, -0.2) is 0 Å². The van der Waals surface area contributed by atoms with Crippen molar-refractivity contribution in [2.45, 2.75) is 19.4 Å². The summed E-state index contributed by atoms with van der Waals surface area (Å²) < 4.78 is 5.19. The van der Waals surface area contributed by atoms with Gasteiger partial charge in [-0.1, -0.05) is 6.08 Å². The molecule has 0 bridgehead atoms. The molecule has 1 aliphatic rings. The third-order valence-corrected chi connectivity index (χ3v) is 4.02. The molecule has 108 valence electrons.